The average Bonchev–Trinajstić information content (AvgIpc) is 2.79. The van der Waals surface area contributed by atoms with E-state index in [1.54, 1.807) is 12.3 Å². The van der Waals surface area contributed by atoms with Crippen molar-refractivity contribution in [2.45, 2.75) is 19.3 Å². The Hall–Kier alpha value is -3.15. The van der Waals surface area contributed by atoms with Crippen molar-refractivity contribution in [3.63, 3.8) is 0 Å². The largest absolute Gasteiger partial charge is 0.619 e. The van der Waals surface area contributed by atoms with Crippen LogP contribution in [0.4, 0.5) is 5.69 Å². The molecular weight excluding hydrogens is 316 g/mol. The van der Waals surface area contributed by atoms with Crippen molar-refractivity contribution in [3.05, 3.63) is 76.9 Å². The van der Waals surface area contributed by atoms with Crippen molar-refractivity contribution in [1.82, 2.24) is 5.43 Å². The zero-order valence-electron chi connectivity index (χ0n) is 14.4. The molecule has 2 aromatic rings. The van der Waals surface area contributed by atoms with Crippen LogP contribution in [0.15, 0.2) is 65.7 Å². The maximum absolute atomic E-state index is 12.0. The van der Waals surface area contributed by atoms with E-state index in [9.17, 15) is 10.0 Å². The van der Waals surface area contributed by atoms with Gasteiger partial charge in [0.1, 0.15) is 5.56 Å². The molecule has 25 heavy (non-hydrogen) atoms. The van der Waals surface area contributed by atoms with Gasteiger partial charge in [0, 0.05) is 36.1 Å². The second kappa shape index (κ2) is 6.39. The molecule has 1 aliphatic heterocycles. The second-order valence-electron chi connectivity index (χ2n) is 6.42. The molecule has 2 heterocycles. The van der Waals surface area contributed by atoms with Gasteiger partial charge in [0.05, 0.1) is 0 Å². The van der Waals surface area contributed by atoms with Gasteiger partial charge in [-0.25, -0.2) is 5.43 Å². The fourth-order valence-electron chi connectivity index (χ4n) is 3.16. The number of rotatable bonds is 3. The predicted molar refractivity (Wildman–Crippen MR) is 97.3 cm³/mol. The lowest BCUT2D eigenvalue weighted by Crippen LogP contribution is -2.28. The molecule has 3 rings (SSSR count). The van der Waals surface area contributed by atoms with Gasteiger partial charge >= 0.3 is 0 Å². The Labute approximate surface area is 146 Å². The van der Waals surface area contributed by atoms with E-state index in [0.29, 0.717) is 4.73 Å². The van der Waals surface area contributed by atoms with Gasteiger partial charge in [-0.3, -0.25) is 4.79 Å². The standard InChI is InChI=1S/C19H20N4O2/c1-19(2)15-8-4-5-9-16(15)22(3)17(19)10-11-20-21-18(24)14-7-6-12-23(25)13-14/h4-13H,1-3H3,(H,21,24)/b17-10-,20-11+. The molecule has 128 valence electrons. The molecule has 0 radical (unpaired) electrons. The minimum atomic E-state index is -0.429. The molecule has 0 bridgehead atoms. The smallest absolute Gasteiger partial charge is 0.277 e. The Morgan fingerprint density at radius 1 is 1.28 bits per heavy atom. The molecule has 0 spiro atoms. The van der Waals surface area contributed by atoms with E-state index in [4.69, 9.17) is 0 Å². The number of carbonyl (C=O) groups excluding carboxylic acids is 1. The number of carbonyl (C=O) groups is 1. The molecule has 1 aromatic carbocycles. The number of aromatic nitrogens is 1. The fraction of sp³-hybridized carbons (Fsp3) is 0.211. The van der Waals surface area contributed by atoms with Gasteiger partial charge < -0.3 is 10.1 Å². The molecule has 0 saturated carbocycles. The van der Waals surface area contributed by atoms with Crippen molar-refractivity contribution in [2.24, 2.45) is 5.10 Å². The van der Waals surface area contributed by atoms with E-state index < -0.39 is 5.91 Å². The first kappa shape index (κ1) is 16.7. The van der Waals surface area contributed by atoms with Gasteiger partial charge in [0.25, 0.3) is 5.91 Å². The normalized spacial score (nSPS) is 17.1. The molecule has 1 amide bonds. The Morgan fingerprint density at radius 2 is 2.04 bits per heavy atom. The van der Waals surface area contributed by atoms with Gasteiger partial charge in [-0.15, -0.1) is 0 Å². The average molecular weight is 336 g/mol. The van der Waals surface area contributed by atoms with Gasteiger partial charge in [0.15, 0.2) is 12.4 Å². The number of para-hydroxylation sites is 1. The van der Waals surface area contributed by atoms with Crippen molar-refractivity contribution in [1.29, 1.82) is 0 Å². The predicted octanol–water partition coefficient (Wildman–Crippen LogP) is 2.35. The number of fused-ring (bicyclic) bond motifs is 1. The molecular formula is C19H20N4O2. The summed E-state index contributed by atoms with van der Waals surface area (Å²) in [6.45, 7) is 4.31. The molecule has 1 aromatic heterocycles. The van der Waals surface area contributed by atoms with Crippen LogP contribution in [0, 0.1) is 5.21 Å². The van der Waals surface area contributed by atoms with Crippen molar-refractivity contribution in [3.8, 4) is 0 Å². The van der Waals surface area contributed by atoms with Crippen LogP contribution in [0.2, 0.25) is 0 Å². The van der Waals surface area contributed by atoms with Gasteiger partial charge in [-0.05, 0) is 23.8 Å². The highest BCUT2D eigenvalue weighted by Gasteiger charge is 2.37. The lowest BCUT2D eigenvalue weighted by atomic mass is 9.84. The quantitative estimate of drug-likeness (QED) is 0.405. The summed E-state index contributed by atoms with van der Waals surface area (Å²) in [6.07, 6.45) is 5.97. The fourth-order valence-corrected chi connectivity index (χ4v) is 3.16. The number of hydrogen-bond donors (Lipinski definition) is 1. The van der Waals surface area contributed by atoms with Crippen LogP contribution in [0.25, 0.3) is 0 Å². The molecule has 0 unspecified atom stereocenters. The van der Waals surface area contributed by atoms with Crippen molar-refractivity contribution in [2.75, 3.05) is 11.9 Å². The topological polar surface area (TPSA) is 71.6 Å². The number of anilines is 1. The SMILES string of the molecule is CN1/C(=C\C=N\NC(=O)c2ccc[n+]([O-])c2)C(C)(C)c2ccccc21. The minimum Gasteiger partial charge on any atom is -0.619 e. The first-order valence-electron chi connectivity index (χ1n) is 7.97. The van der Waals surface area contributed by atoms with E-state index in [2.05, 4.69) is 41.4 Å². The first-order valence-corrected chi connectivity index (χ1v) is 7.97. The Morgan fingerprint density at radius 3 is 2.76 bits per heavy atom. The van der Waals surface area contributed by atoms with Gasteiger partial charge in [-0.1, -0.05) is 32.0 Å². The molecule has 6 nitrogen and oxygen atoms in total. The highest BCUT2D eigenvalue weighted by molar-refractivity contribution is 5.94. The molecule has 6 heteroatoms. The number of allylic oxidation sites excluding steroid dienone is 2. The van der Waals surface area contributed by atoms with Crippen LogP contribution in [0.1, 0.15) is 29.8 Å². The summed E-state index contributed by atoms with van der Waals surface area (Å²) in [6, 6.07) is 11.3. The third-order valence-corrected chi connectivity index (χ3v) is 4.45. The summed E-state index contributed by atoms with van der Waals surface area (Å²) in [7, 11) is 2.02. The lowest BCUT2D eigenvalue weighted by Gasteiger charge is -2.23. The summed E-state index contributed by atoms with van der Waals surface area (Å²) in [5.41, 5.74) is 6.05. The number of likely N-dealkylation sites (N-methyl/N-ethyl adjacent to an activating group) is 1. The summed E-state index contributed by atoms with van der Waals surface area (Å²) in [5, 5.41) is 15.2. The molecule has 1 N–H and O–H groups in total. The number of benzene rings is 1. The number of hydrazone groups is 1. The minimum absolute atomic E-state index is 0.144. The van der Waals surface area contributed by atoms with E-state index >= 15 is 0 Å². The summed E-state index contributed by atoms with van der Waals surface area (Å²) in [5.74, 6) is -0.429. The highest BCUT2D eigenvalue weighted by Crippen LogP contribution is 2.46. The van der Waals surface area contributed by atoms with Gasteiger partial charge in [-0.2, -0.15) is 9.83 Å². The summed E-state index contributed by atoms with van der Waals surface area (Å²) >= 11 is 0. The molecule has 0 fully saturated rings. The highest BCUT2D eigenvalue weighted by atomic mass is 16.5. The zero-order chi connectivity index (χ0) is 18.0. The van der Waals surface area contributed by atoms with Crippen LogP contribution in [0.3, 0.4) is 0 Å². The van der Waals surface area contributed by atoms with E-state index in [1.807, 2.05) is 25.3 Å². The van der Waals surface area contributed by atoms with E-state index in [-0.39, 0.29) is 11.0 Å². The van der Waals surface area contributed by atoms with Crippen LogP contribution < -0.4 is 15.1 Å². The number of pyridine rings is 1. The third kappa shape index (κ3) is 3.10. The van der Waals surface area contributed by atoms with Crippen LogP contribution in [-0.2, 0) is 5.41 Å². The molecule has 0 saturated heterocycles. The van der Waals surface area contributed by atoms with Gasteiger partial charge in [0.2, 0.25) is 0 Å². The second-order valence-corrected chi connectivity index (χ2v) is 6.42. The third-order valence-electron chi connectivity index (χ3n) is 4.45. The number of hydrogen-bond acceptors (Lipinski definition) is 4. The van der Waals surface area contributed by atoms with Crippen LogP contribution in [0.5, 0.6) is 0 Å². The zero-order valence-corrected chi connectivity index (χ0v) is 14.4. The maximum atomic E-state index is 12.0. The monoisotopic (exact) mass is 336 g/mol. The maximum Gasteiger partial charge on any atom is 0.277 e. The van der Waals surface area contributed by atoms with Crippen molar-refractivity contribution >= 4 is 17.8 Å². The number of amides is 1. The Balaban J connectivity index is 1.74. The van der Waals surface area contributed by atoms with Crippen LogP contribution in [-0.4, -0.2) is 19.2 Å². The van der Waals surface area contributed by atoms with Crippen LogP contribution >= 0.6 is 0 Å². The number of nitrogens with zero attached hydrogens (tertiary/aromatic N) is 3. The summed E-state index contributed by atoms with van der Waals surface area (Å²) in [4.78, 5) is 14.1. The lowest BCUT2D eigenvalue weighted by molar-refractivity contribution is -0.605. The summed E-state index contributed by atoms with van der Waals surface area (Å²) < 4.78 is 0.577. The van der Waals surface area contributed by atoms with Crippen molar-refractivity contribution < 1.29 is 9.52 Å². The van der Waals surface area contributed by atoms with E-state index in [1.165, 1.54) is 29.7 Å². The molecule has 0 aliphatic carbocycles. The first-order chi connectivity index (χ1) is 11.9. The Bertz CT molecular complexity index is 871. The molecule has 1 aliphatic rings. The molecule has 0 atom stereocenters. The Kier molecular flexibility index (Phi) is 4.27. The number of nitrogens with one attached hydrogen (secondary N) is 1. The van der Waals surface area contributed by atoms with E-state index in [0.717, 1.165) is 5.70 Å².